The van der Waals surface area contributed by atoms with Crippen molar-refractivity contribution < 1.29 is 17.9 Å². The summed E-state index contributed by atoms with van der Waals surface area (Å²) >= 11 is 3.23. The summed E-state index contributed by atoms with van der Waals surface area (Å²) in [5, 5.41) is 0. The molecular formula is C13H17BrN2O4S. The van der Waals surface area contributed by atoms with Gasteiger partial charge in [0.25, 0.3) is 0 Å². The molecule has 2 rings (SSSR count). The van der Waals surface area contributed by atoms with Gasteiger partial charge in [-0.3, -0.25) is 4.79 Å². The highest BCUT2D eigenvalue weighted by atomic mass is 79.9. The normalized spacial score (nSPS) is 23.2. The third kappa shape index (κ3) is 3.07. The Bertz CT molecular complexity index is 662. The molecule has 116 valence electrons. The van der Waals surface area contributed by atoms with Gasteiger partial charge >= 0.3 is 5.97 Å². The van der Waals surface area contributed by atoms with Crippen molar-refractivity contribution in [3.63, 3.8) is 0 Å². The molecule has 0 spiro atoms. The van der Waals surface area contributed by atoms with Crippen LogP contribution in [0.5, 0.6) is 0 Å². The third-order valence-corrected chi connectivity index (χ3v) is 6.24. The number of esters is 1. The van der Waals surface area contributed by atoms with Gasteiger partial charge in [-0.1, -0.05) is 6.92 Å². The van der Waals surface area contributed by atoms with Crippen LogP contribution < -0.4 is 5.73 Å². The van der Waals surface area contributed by atoms with E-state index in [1.54, 1.807) is 6.07 Å². The first-order valence-electron chi connectivity index (χ1n) is 6.40. The van der Waals surface area contributed by atoms with Gasteiger partial charge in [-0.2, -0.15) is 4.31 Å². The van der Waals surface area contributed by atoms with Gasteiger partial charge in [0, 0.05) is 23.2 Å². The zero-order chi connectivity index (χ0) is 15.8. The van der Waals surface area contributed by atoms with Crippen LogP contribution in [0.3, 0.4) is 0 Å². The quantitative estimate of drug-likeness (QED) is 0.636. The lowest BCUT2D eigenvalue weighted by atomic mass is 9.99. The fourth-order valence-electron chi connectivity index (χ4n) is 2.41. The molecule has 2 N–H and O–H groups in total. The Kier molecular flexibility index (Phi) is 4.60. The molecule has 1 heterocycles. The molecule has 1 aromatic rings. The number of carbonyl (C=O) groups is 1. The number of halogens is 1. The van der Waals surface area contributed by atoms with Crippen LogP contribution in [0.25, 0.3) is 0 Å². The number of hydrogen-bond acceptors (Lipinski definition) is 5. The number of nitrogen functional groups attached to an aromatic ring is 1. The molecule has 0 saturated carbocycles. The van der Waals surface area contributed by atoms with E-state index < -0.39 is 15.9 Å². The molecule has 1 fully saturated rings. The first-order chi connectivity index (χ1) is 9.77. The number of anilines is 1. The largest absolute Gasteiger partial charge is 0.469 e. The Labute approximate surface area is 132 Å². The number of nitrogens with zero attached hydrogens (tertiary/aromatic N) is 1. The predicted molar refractivity (Wildman–Crippen MR) is 82.0 cm³/mol. The molecule has 2 unspecified atom stereocenters. The van der Waals surface area contributed by atoms with E-state index in [2.05, 4.69) is 15.9 Å². The standard InChI is InChI=1S/C13H17BrN2O4S/c1-8-6-16(7-10(8)13(17)20-2)21(18,19)9-3-4-11(14)12(15)5-9/h3-5,8,10H,6-7,15H2,1-2H3. The Balaban J connectivity index is 2.29. The first-order valence-corrected chi connectivity index (χ1v) is 8.63. The number of benzene rings is 1. The fourth-order valence-corrected chi connectivity index (χ4v) is 4.26. The van der Waals surface area contributed by atoms with Gasteiger partial charge in [-0.05, 0) is 40.0 Å². The number of methoxy groups -OCH3 is 1. The second kappa shape index (κ2) is 5.94. The molecule has 6 nitrogen and oxygen atoms in total. The third-order valence-electron chi connectivity index (χ3n) is 3.69. The predicted octanol–water partition coefficient (Wildman–Crippen LogP) is 1.46. The van der Waals surface area contributed by atoms with E-state index in [0.717, 1.165) is 0 Å². The summed E-state index contributed by atoms with van der Waals surface area (Å²) in [4.78, 5) is 11.8. The van der Waals surface area contributed by atoms with Crippen LogP contribution in [0.4, 0.5) is 5.69 Å². The Morgan fingerprint density at radius 3 is 2.67 bits per heavy atom. The SMILES string of the molecule is COC(=O)C1CN(S(=O)(=O)c2ccc(Br)c(N)c2)CC1C. The van der Waals surface area contributed by atoms with E-state index in [0.29, 0.717) is 10.2 Å². The number of rotatable bonds is 3. The van der Waals surface area contributed by atoms with Gasteiger partial charge in [-0.25, -0.2) is 8.42 Å². The molecule has 2 atom stereocenters. The maximum atomic E-state index is 12.6. The van der Waals surface area contributed by atoms with Crippen molar-refractivity contribution in [2.45, 2.75) is 11.8 Å². The molecular weight excluding hydrogens is 360 g/mol. The maximum Gasteiger partial charge on any atom is 0.310 e. The second-order valence-electron chi connectivity index (χ2n) is 5.11. The molecule has 1 aliphatic rings. The summed E-state index contributed by atoms with van der Waals surface area (Å²) in [6.45, 7) is 2.26. The molecule has 0 aromatic heterocycles. The molecule has 8 heteroatoms. The van der Waals surface area contributed by atoms with E-state index in [4.69, 9.17) is 10.5 Å². The maximum absolute atomic E-state index is 12.6. The van der Waals surface area contributed by atoms with Crippen LogP contribution >= 0.6 is 15.9 Å². The van der Waals surface area contributed by atoms with Crippen LogP contribution in [-0.2, 0) is 19.6 Å². The number of nitrogens with two attached hydrogens (primary N) is 1. The van der Waals surface area contributed by atoms with Crippen molar-refractivity contribution >= 4 is 37.6 Å². The first kappa shape index (κ1) is 16.3. The van der Waals surface area contributed by atoms with Crippen molar-refractivity contribution in [2.75, 3.05) is 25.9 Å². The zero-order valence-electron chi connectivity index (χ0n) is 11.7. The van der Waals surface area contributed by atoms with Crippen LogP contribution in [0.15, 0.2) is 27.6 Å². The lowest BCUT2D eigenvalue weighted by Gasteiger charge is -2.16. The van der Waals surface area contributed by atoms with Gasteiger partial charge in [0.2, 0.25) is 10.0 Å². The minimum atomic E-state index is -3.66. The average Bonchev–Trinajstić information content (AvgIpc) is 2.83. The van der Waals surface area contributed by atoms with Crippen molar-refractivity contribution in [3.8, 4) is 0 Å². The lowest BCUT2D eigenvalue weighted by molar-refractivity contribution is -0.145. The number of carbonyl (C=O) groups excluding carboxylic acids is 1. The van der Waals surface area contributed by atoms with Gasteiger partial charge in [0.15, 0.2) is 0 Å². The fraction of sp³-hybridized carbons (Fsp3) is 0.462. The van der Waals surface area contributed by atoms with Crippen LogP contribution in [0, 0.1) is 11.8 Å². The van der Waals surface area contributed by atoms with E-state index in [1.165, 1.54) is 23.5 Å². The van der Waals surface area contributed by atoms with Gasteiger partial charge < -0.3 is 10.5 Å². The number of hydrogen-bond donors (Lipinski definition) is 1. The highest BCUT2D eigenvalue weighted by Gasteiger charge is 2.41. The van der Waals surface area contributed by atoms with Crippen molar-refractivity contribution in [2.24, 2.45) is 11.8 Å². The second-order valence-corrected chi connectivity index (χ2v) is 7.90. The van der Waals surface area contributed by atoms with Crippen LogP contribution in [0.2, 0.25) is 0 Å². The Morgan fingerprint density at radius 2 is 2.10 bits per heavy atom. The monoisotopic (exact) mass is 376 g/mol. The summed E-state index contributed by atoms with van der Waals surface area (Å²) in [5.41, 5.74) is 6.09. The Hall–Kier alpha value is -1.12. The molecule has 1 aromatic carbocycles. The molecule has 0 aliphatic carbocycles. The topological polar surface area (TPSA) is 89.7 Å². The number of ether oxygens (including phenoxy) is 1. The van der Waals surface area contributed by atoms with Crippen molar-refractivity contribution in [1.29, 1.82) is 0 Å². The van der Waals surface area contributed by atoms with E-state index in [1.807, 2.05) is 6.92 Å². The Morgan fingerprint density at radius 1 is 1.43 bits per heavy atom. The molecule has 1 saturated heterocycles. The van der Waals surface area contributed by atoms with Crippen LogP contribution in [-0.4, -0.2) is 38.9 Å². The summed E-state index contributed by atoms with van der Waals surface area (Å²) in [6.07, 6.45) is 0. The highest BCUT2D eigenvalue weighted by Crippen LogP contribution is 2.31. The average molecular weight is 377 g/mol. The van der Waals surface area contributed by atoms with Crippen LogP contribution in [0.1, 0.15) is 6.92 Å². The summed E-state index contributed by atoms with van der Waals surface area (Å²) < 4.78 is 31.9. The summed E-state index contributed by atoms with van der Waals surface area (Å²) in [5.74, 6) is -0.895. The van der Waals surface area contributed by atoms with E-state index >= 15 is 0 Å². The van der Waals surface area contributed by atoms with Gasteiger partial charge in [0.05, 0.1) is 17.9 Å². The van der Waals surface area contributed by atoms with Gasteiger partial charge in [-0.15, -0.1) is 0 Å². The zero-order valence-corrected chi connectivity index (χ0v) is 14.1. The minimum Gasteiger partial charge on any atom is -0.469 e. The lowest BCUT2D eigenvalue weighted by Crippen LogP contribution is -2.30. The molecule has 21 heavy (non-hydrogen) atoms. The number of sulfonamides is 1. The van der Waals surface area contributed by atoms with Crippen molar-refractivity contribution in [3.05, 3.63) is 22.7 Å². The highest BCUT2D eigenvalue weighted by molar-refractivity contribution is 9.10. The molecule has 0 amide bonds. The smallest absolute Gasteiger partial charge is 0.310 e. The summed E-state index contributed by atoms with van der Waals surface area (Å²) in [7, 11) is -2.35. The van der Waals surface area contributed by atoms with E-state index in [-0.39, 0.29) is 29.9 Å². The summed E-state index contributed by atoms with van der Waals surface area (Å²) in [6, 6.07) is 4.50. The van der Waals surface area contributed by atoms with Gasteiger partial charge in [0.1, 0.15) is 0 Å². The van der Waals surface area contributed by atoms with Crippen molar-refractivity contribution in [1.82, 2.24) is 4.31 Å². The molecule has 0 bridgehead atoms. The molecule has 1 aliphatic heterocycles. The van der Waals surface area contributed by atoms with E-state index in [9.17, 15) is 13.2 Å². The minimum absolute atomic E-state index is 0.0833. The molecule has 0 radical (unpaired) electrons.